The van der Waals surface area contributed by atoms with Gasteiger partial charge in [-0.15, -0.1) is 11.3 Å². The van der Waals surface area contributed by atoms with Crippen molar-refractivity contribution in [3.8, 4) is 22.4 Å². The largest absolute Gasteiger partial charge is 0.464 e. The van der Waals surface area contributed by atoms with Crippen LogP contribution in [0.3, 0.4) is 0 Å². The molecule has 0 saturated carbocycles. The lowest BCUT2D eigenvalue weighted by Crippen LogP contribution is -2.12. The van der Waals surface area contributed by atoms with Gasteiger partial charge in [0.25, 0.3) is 0 Å². The molecule has 0 bridgehead atoms. The maximum Gasteiger partial charge on any atom is 0.134 e. The highest BCUT2D eigenvalue weighted by molar-refractivity contribution is 7.17. The van der Waals surface area contributed by atoms with Crippen LogP contribution in [-0.4, -0.2) is 4.98 Å². The molecule has 3 aromatic carbocycles. The van der Waals surface area contributed by atoms with Crippen LogP contribution in [0.15, 0.2) is 82.8 Å². The summed E-state index contributed by atoms with van der Waals surface area (Å²) in [7, 11) is 0. The molecule has 3 heteroatoms. The molecule has 0 aliphatic carbocycles. The second-order valence-electron chi connectivity index (χ2n) is 11.3. The van der Waals surface area contributed by atoms with Crippen LogP contribution >= 0.6 is 11.3 Å². The molecule has 0 fully saturated rings. The molecule has 0 spiro atoms. The van der Waals surface area contributed by atoms with Crippen molar-refractivity contribution in [2.75, 3.05) is 0 Å². The number of hydrogen-bond donors (Lipinski definition) is 0. The fourth-order valence-corrected chi connectivity index (χ4v) is 6.12. The van der Waals surface area contributed by atoms with Gasteiger partial charge in [-0.25, -0.2) is 4.98 Å². The van der Waals surface area contributed by atoms with Crippen LogP contribution in [0, 0.1) is 5.92 Å². The summed E-state index contributed by atoms with van der Waals surface area (Å²) in [6, 6.07) is 24.3. The van der Waals surface area contributed by atoms with E-state index < -0.39 is 0 Å². The molecule has 6 aromatic rings. The molecule has 6 rings (SSSR count). The third-order valence-electron chi connectivity index (χ3n) is 6.97. The van der Waals surface area contributed by atoms with E-state index in [-0.39, 0.29) is 5.41 Å². The van der Waals surface area contributed by atoms with Crippen molar-refractivity contribution in [1.29, 1.82) is 0 Å². The molecule has 0 atom stereocenters. The summed E-state index contributed by atoms with van der Waals surface area (Å²) in [6.07, 6.45) is 2.95. The van der Waals surface area contributed by atoms with Crippen LogP contribution in [0.4, 0.5) is 0 Å². The van der Waals surface area contributed by atoms with Crippen LogP contribution in [0.2, 0.25) is 0 Å². The van der Waals surface area contributed by atoms with Gasteiger partial charge in [0.05, 0.1) is 22.2 Å². The summed E-state index contributed by atoms with van der Waals surface area (Å²) in [5.74, 6) is 0.596. The van der Waals surface area contributed by atoms with Crippen LogP contribution < -0.4 is 0 Å². The van der Waals surface area contributed by atoms with Crippen molar-refractivity contribution in [1.82, 2.24) is 4.98 Å². The smallest absolute Gasteiger partial charge is 0.134 e. The van der Waals surface area contributed by atoms with E-state index in [1.807, 2.05) is 6.26 Å². The molecular weight excluding hydrogens is 458 g/mol. The van der Waals surface area contributed by atoms with Crippen molar-refractivity contribution in [3.63, 3.8) is 0 Å². The van der Waals surface area contributed by atoms with Crippen molar-refractivity contribution in [2.45, 2.75) is 46.5 Å². The molecule has 3 aromatic heterocycles. The average Bonchev–Trinajstić information content (AvgIpc) is 3.48. The minimum absolute atomic E-state index is 0.0307. The summed E-state index contributed by atoms with van der Waals surface area (Å²) in [4.78, 5) is 5.11. The zero-order valence-electron chi connectivity index (χ0n) is 21.6. The van der Waals surface area contributed by atoms with Gasteiger partial charge in [-0.05, 0) is 80.9 Å². The molecule has 180 valence electrons. The Bertz CT molecular complexity index is 1730. The standard InChI is InChI=1S/C33H31NOS/c1-20(2)14-24-19-35-31-17-22(10-11-26(24)31)27-18-30(34-29-12-13-36-32(27)29)23-15-21-8-6-7-9-25(21)28(16-23)33(3,4)5/h6-13,15-20H,14H2,1-5H3. The van der Waals surface area contributed by atoms with Gasteiger partial charge in [0.1, 0.15) is 5.58 Å². The highest BCUT2D eigenvalue weighted by atomic mass is 32.1. The zero-order valence-corrected chi connectivity index (χ0v) is 22.4. The third kappa shape index (κ3) is 4.02. The molecule has 0 saturated heterocycles. The molecule has 2 nitrogen and oxygen atoms in total. The minimum Gasteiger partial charge on any atom is -0.464 e. The molecule has 0 amide bonds. The molecule has 36 heavy (non-hydrogen) atoms. The van der Waals surface area contributed by atoms with Gasteiger partial charge in [-0.2, -0.15) is 0 Å². The zero-order chi connectivity index (χ0) is 25.0. The predicted octanol–water partition coefficient (Wildman–Crippen LogP) is 10.0. The summed E-state index contributed by atoms with van der Waals surface area (Å²) < 4.78 is 7.22. The second kappa shape index (κ2) is 8.60. The van der Waals surface area contributed by atoms with Crippen LogP contribution in [0.5, 0.6) is 0 Å². The molecule has 0 unspecified atom stereocenters. The Morgan fingerprint density at radius 3 is 2.53 bits per heavy atom. The van der Waals surface area contributed by atoms with Crippen LogP contribution in [0.25, 0.3) is 54.3 Å². The number of thiophene rings is 1. The average molecular weight is 490 g/mol. The first-order valence-corrected chi connectivity index (χ1v) is 13.6. The Balaban J connectivity index is 1.54. The van der Waals surface area contributed by atoms with Gasteiger partial charge >= 0.3 is 0 Å². The summed E-state index contributed by atoms with van der Waals surface area (Å²) in [5, 5.41) is 5.92. The van der Waals surface area contributed by atoms with E-state index in [1.54, 1.807) is 11.3 Å². The molecule has 3 heterocycles. The number of furan rings is 1. The lowest BCUT2D eigenvalue weighted by Gasteiger charge is -2.23. The summed E-state index contributed by atoms with van der Waals surface area (Å²) >= 11 is 1.75. The van der Waals surface area contributed by atoms with E-state index in [0.29, 0.717) is 5.92 Å². The number of rotatable bonds is 4. The highest BCUT2D eigenvalue weighted by Gasteiger charge is 2.20. The van der Waals surface area contributed by atoms with E-state index in [1.165, 1.54) is 43.1 Å². The van der Waals surface area contributed by atoms with Crippen LogP contribution in [0.1, 0.15) is 45.7 Å². The van der Waals surface area contributed by atoms with Gasteiger partial charge in [0, 0.05) is 16.5 Å². The Morgan fingerprint density at radius 1 is 0.889 bits per heavy atom. The van der Waals surface area contributed by atoms with E-state index in [2.05, 4.69) is 107 Å². The lowest BCUT2D eigenvalue weighted by atomic mass is 9.82. The Kier molecular flexibility index (Phi) is 5.49. The highest BCUT2D eigenvalue weighted by Crippen LogP contribution is 2.39. The van der Waals surface area contributed by atoms with Crippen molar-refractivity contribution in [2.24, 2.45) is 5.92 Å². The SMILES string of the molecule is CC(C)Cc1coc2cc(-c3cc(-c4cc(C(C)(C)C)c5ccccc5c4)nc4ccsc34)ccc12. The number of hydrogen-bond acceptors (Lipinski definition) is 3. The first kappa shape index (κ1) is 23.0. The monoisotopic (exact) mass is 489 g/mol. The Labute approximate surface area is 216 Å². The van der Waals surface area contributed by atoms with Gasteiger partial charge in [-0.1, -0.05) is 71.0 Å². The topological polar surface area (TPSA) is 26.0 Å². The predicted molar refractivity (Wildman–Crippen MR) is 155 cm³/mol. The number of aromatic nitrogens is 1. The number of pyridine rings is 1. The summed E-state index contributed by atoms with van der Waals surface area (Å²) in [5.41, 5.74) is 9.19. The van der Waals surface area contributed by atoms with Crippen LogP contribution in [-0.2, 0) is 11.8 Å². The van der Waals surface area contributed by atoms with Crippen molar-refractivity contribution in [3.05, 3.63) is 89.5 Å². The number of nitrogens with zero attached hydrogens (tertiary/aromatic N) is 1. The van der Waals surface area contributed by atoms with E-state index in [9.17, 15) is 0 Å². The lowest BCUT2D eigenvalue weighted by molar-refractivity contribution is 0.594. The van der Waals surface area contributed by atoms with Crippen molar-refractivity contribution >= 4 is 43.3 Å². The molecule has 0 aliphatic rings. The number of benzene rings is 3. The Morgan fingerprint density at radius 2 is 1.72 bits per heavy atom. The van der Waals surface area contributed by atoms with E-state index in [0.717, 1.165) is 28.8 Å². The maximum absolute atomic E-state index is 6.01. The van der Waals surface area contributed by atoms with Gasteiger partial charge in [0.15, 0.2) is 0 Å². The molecule has 0 N–H and O–H groups in total. The first-order valence-electron chi connectivity index (χ1n) is 12.7. The Hall–Kier alpha value is -3.43. The van der Waals surface area contributed by atoms with Gasteiger partial charge in [0.2, 0.25) is 0 Å². The number of fused-ring (bicyclic) bond motifs is 3. The summed E-state index contributed by atoms with van der Waals surface area (Å²) in [6.45, 7) is 11.3. The van der Waals surface area contributed by atoms with E-state index in [4.69, 9.17) is 9.40 Å². The fourth-order valence-electron chi connectivity index (χ4n) is 5.25. The molecule has 0 radical (unpaired) electrons. The minimum atomic E-state index is 0.0307. The van der Waals surface area contributed by atoms with E-state index >= 15 is 0 Å². The first-order chi connectivity index (χ1) is 17.3. The molecular formula is C33H31NOS. The molecule has 0 aliphatic heterocycles. The normalized spacial score (nSPS) is 12.4. The third-order valence-corrected chi connectivity index (χ3v) is 7.91. The quantitative estimate of drug-likeness (QED) is 0.246. The van der Waals surface area contributed by atoms with Gasteiger partial charge < -0.3 is 4.42 Å². The van der Waals surface area contributed by atoms with Gasteiger partial charge in [-0.3, -0.25) is 0 Å². The second-order valence-corrected chi connectivity index (χ2v) is 12.2. The maximum atomic E-state index is 6.01. The van der Waals surface area contributed by atoms with Crippen molar-refractivity contribution < 1.29 is 4.42 Å². The fraction of sp³-hybridized carbons (Fsp3) is 0.242.